The Morgan fingerprint density at radius 1 is 0.765 bits per heavy atom. The van der Waals surface area contributed by atoms with E-state index in [0.717, 1.165) is 0 Å². The topological polar surface area (TPSA) is 0 Å². The molecule has 1 heterocycles. The van der Waals surface area contributed by atoms with Crippen molar-refractivity contribution >= 4 is 22.1 Å². The molecular weight excluding hydrogens is 224 g/mol. The van der Waals surface area contributed by atoms with Crippen molar-refractivity contribution in [1.29, 1.82) is 0 Å². The molecule has 84 valence electrons. The zero-order chi connectivity index (χ0) is 11.8. The van der Waals surface area contributed by atoms with Crippen LogP contribution in [-0.4, -0.2) is 0 Å². The van der Waals surface area contributed by atoms with Crippen LogP contribution in [0.5, 0.6) is 0 Å². The first-order valence-corrected chi connectivity index (χ1v) is 6.61. The van der Waals surface area contributed by atoms with Gasteiger partial charge in [-0.05, 0) is 48.4 Å². The van der Waals surface area contributed by atoms with E-state index in [1.165, 1.54) is 31.7 Å². The van der Waals surface area contributed by atoms with Crippen molar-refractivity contribution in [1.82, 2.24) is 0 Å². The first kappa shape index (κ1) is 10.5. The van der Waals surface area contributed by atoms with Gasteiger partial charge >= 0.3 is 0 Å². The van der Waals surface area contributed by atoms with Crippen LogP contribution >= 0.6 is 11.3 Å². The van der Waals surface area contributed by atoms with E-state index in [1.807, 2.05) is 11.3 Å². The first-order chi connectivity index (χ1) is 8.22. The number of hydrogen-bond donors (Lipinski definition) is 0. The summed E-state index contributed by atoms with van der Waals surface area (Å²) in [5.74, 6) is 0. The number of thiophene rings is 1. The van der Waals surface area contributed by atoms with Gasteiger partial charge < -0.3 is 0 Å². The lowest BCUT2D eigenvalue weighted by atomic mass is 10.0. The summed E-state index contributed by atoms with van der Waals surface area (Å²) >= 11 is 1.85. The van der Waals surface area contributed by atoms with Gasteiger partial charge in [0.2, 0.25) is 0 Å². The average Bonchev–Trinajstić information content (AvgIpc) is 2.75. The van der Waals surface area contributed by atoms with Crippen LogP contribution in [0.3, 0.4) is 0 Å². The number of rotatable bonds is 1. The van der Waals surface area contributed by atoms with Gasteiger partial charge in [0.15, 0.2) is 0 Å². The molecule has 0 spiro atoms. The van der Waals surface area contributed by atoms with Gasteiger partial charge in [0, 0.05) is 9.75 Å². The highest BCUT2D eigenvalue weighted by atomic mass is 32.1. The van der Waals surface area contributed by atoms with Crippen molar-refractivity contribution in [2.24, 2.45) is 0 Å². The number of aryl methyl sites for hydroxylation is 2. The number of hydrogen-bond acceptors (Lipinski definition) is 1. The molecule has 0 aliphatic rings. The van der Waals surface area contributed by atoms with E-state index in [-0.39, 0.29) is 0 Å². The van der Waals surface area contributed by atoms with Gasteiger partial charge in [-0.2, -0.15) is 0 Å². The van der Waals surface area contributed by atoms with Crippen LogP contribution in [0.1, 0.15) is 10.4 Å². The number of benzene rings is 2. The molecule has 1 aromatic heterocycles. The van der Waals surface area contributed by atoms with Crippen LogP contribution in [0.25, 0.3) is 21.2 Å². The minimum absolute atomic E-state index is 1.32. The van der Waals surface area contributed by atoms with Crippen molar-refractivity contribution in [3.05, 3.63) is 59.0 Å². The van der Waals surface area contributed by atoms with E-state index in [0.29, 0.717) is 0 Å². The van der Waals surface area contributed by atoms with Gasteiger partial charge in [-0.1, -0.05) is 35.9 Å². The largest absolute Gasteiger partial charge is 0.141 e. The van der Waals surface area contributed by atoms with Crippen LogP contribution in [0.4, 0.5) is 0 Å². The molecule has 2 aromatic carbocycles. The lowest BCUT2D eigenvalue weighted by Gasteiger charge is -2.02. The summed E-state index contributed by atoms with van der Waals surface area (Å²) in [6, 6.07) is 17.7. The van der Waals surface area contributed by atoms with Gasteiger partial charge in [0.25, 0.3) is 0 Å². The molecule has 3 rings (SSSR count). The summed E-state index contributed by atoms with van der Waals surface area (Å²) in [4.78, 5) is 2.72. The molecule has 0 atom stereocenters. The Bertz CT molecular complexity index is 677. The Hall–Kier alpha value is -1.60. The first-order valence-electron chi connectivity index (χ1n) is 5.79. The second kappa shape index (κ2) is 4.01. The van der Waals surface area contributed by atoms with Crippen molar-refractivity contribution in [3.8, 4) is 10.4 Å². The van der Waals surface area contributed by atoms with E-state index in [9.17, 15) is 0 Å². The Labute approximate surface area is 106 Å². The molecule has 0 aliphatic heterocycles. The predicted octanol–water partition coefficient (Wildman–Crippen LogP) is 5.19. The molecule has 3 aromatic rings. The molecule has 0 bridgehead atoms. The smallest absolute Gasteiger partial charge is 0.0345 e. The monoisotopic (exact) mass is 238 g/mol. The summed E-state index contributed by atoms with van der Waals surface area (Å²) in [5.41, 5.74) is 2.64. The van der Waals surface area contributed by atoms with Crippen molar-refractivity contribution in [2.45, 2.75) is 13.8 Å². The average molecular weight is 238 g/mol. The highest BCUT2D eigenvalue weighted by Crippen LogP contribution is 2.30. The molecule has 1 heteroatoms. The minimum atomic E-state index is 1.32. The van der Waals surface area contributed by atoms with E-state index in [1.54, 1.807) is 0 Å². The Kier molecular flexibility index (Phi) is 2.49. The van der Waals surface area contributed by atoms with Crippen LogP contribution in [0.2, 0.25) is 0 Å². The highest BCUT2D eigenvalue weighted by Gasteiger charge is 2.02. The highest BCUT2D eigenvalue weighted by molar-refractivity contribution is 7.15. The maximum absolute atomic E-state index is 2.28. The Morgan fingerprint density at radius 2 is 1.53 bits per heavy atom. The molecule has 0 amide bonds. The summed E-state index contributed by atoms with van der Waals surface area (Å²) in [6.45, 7) is 4.29. The van der Waals surface area contributed by atoms with Gasteiger partial charge in [-0.15, -0.1) is 11.3 Å². The molecule has 0 radical (unpaired) electrons. The molecule has 0 saturated heterocycles. The number of fused-ring (bicyclic) bond motifs is 1. The molecule has 0 unspecified atom stereocenters. The third-order valence-electron chi connectivity index (χ3n) is 3.02. The molecule has 0 N–H and O–H groups in total. The van der Waals surface area contributed by atoms with Crippen molar-refractivity contribution in [2.75, 3.05) is 0 Å². The predicted molar refractivity (Wildman–Crippen MR) is 76.7 cm³/mol. The molecule has 0 nitrogen and oxygen atoms in total. The summed E-state index contributed by atoms with van der Waals surface area (Å²) in [7, 11) is 0. The lowest BCUT2D eigenvalue weighted by molar-refractivity contribution is 1.51. The van der Waals surface area contributed by atoms with E-state index in [2.05, 4.69) is 62.4 Å². The maximum atomic E-state index is 2.28. The minimum Gasteiger partial charge on any atom is -0.141 e. The fourth-order valence-electron chi connectivity index (χ4n) is 2.11. The standard InChI is InChI=1S/C16H14S/c1-11-3-5-14-10-15(7-6-13(14)9-11)16-8-4-12(2)17-16/h3-10H,1-2H3. The normalized spacial score (nSPS) is 10.9. The van der Waals surface area contributed by atoms with E-state index < -0.39 is 0 Å². The second-order valence-electron chi connectivity index (χ2n) is 4.48. The molecular formula is C16H14S. The molecule has 0 saturated carbocycles. The van der Waals surface area contributed by atoms with Crippen LogP contribution in [0, 0.1) is 13.8 Å². The molecule has 0 fully saturated rings. The molecule has 17 heavy (non-hydrogen) atoms. The van der Waals surface area contributed by atoms with Crippen molar-refractivity contribution < 1.29 is 0 Å². The van der Waals surface area contributed by atoms with Gasteiger partial charge in [-0.3, -0.25) is 0 Å². The summed E-state index contributed by atoms with van der Waals surface area (Å²) in [5, 5.41) is 2.64. The third kappa shape index (κ3) is 1.98. The van der Waals surface area contributed by atoms with Gasteiger partial charge in [0.05, 0.1) is 0 Å². The maximum Gasteiger partial charge on any atom is 0.0345 e. The van der Waals surface area contributed by atoms with Crippen LogP contribution < -0.4 is 0 Å². The quantitative estimate of drug-likeness (QED) is 0.547. The zero-order valence-electron chi connectivity index (χ0n) is 10.0. The summed E-state index contributed by atoms with van der Waals surface area (Å²) < 4.78 is 0. The van der Waals surface area contributed by atoms with Crippen molar-refractivity contribution in [3.63, 3.8) is 0 Å². The zero-order valence-corrected chi connectivity index (χ0v) is 10.8. The van der Waals surface area contributed by atoms with E-state index in [4.69, 9.17) is 0 Å². The molecule has 0 aliphatic carbocycles. The van der Waals surface area contributed by atoms with E-state index >= 15 is 0 Å². The van der Waals surface area contributed by atoms with Gasteiger partial charge in [-0.25, -0.2) is 0 Å². The lowest BCUT2D eigenvalue weighted by Crippen LogP contribution is -1.77. The third-order valence-corrected chi connectivity index (χ3v) is 4.07. The fourth-order valence-corrected chi connectivity index (χ4v) is 2.97. The van der Waals surface area contributed by atoms with Gasteiger partial charge in [0.1, 0.15) is 0 Å². The summed E-state index contributed by atoms with van der Waals surface area (Å²) in [6.07, 6.45) is 0. The Balaban J connectivity index is 2.16. The fraction of sp³-hybridized carbons (Fsp3) is 0.125. The SMILES string of the molecule is Cc1ccc2cc(-c3ccc(C)s3)ccc2c1. The van der Waals surface area contributed by atoms with Crippen LogP contribution in [-0.2, 0) is 0 Å². The second-order valence-corrected chi connectivity index (χ2v) is 5.76. The Morgan fingerprint density at radius 3 is 2.29 bits per heavy atom. The van der Waals surface area contributed by atoms with Crippen LogP contribution in [0.15, 0.2) is 48.5 Å².